The number of rotatable bonds is 3. The van der Waals surface area contributed by atoms with E-state index in [0.29, 0.717) is 11.6 Å². The van der Waals surface area contributed by atoms with Crippen molar-refractivity contribution in [1.29, 1.82) is 0 Å². The zero-order valence-corrected chi connectivity index (χ0v) is 9.88. The van der Waals surface area contributed by atoms with Crippen LogP contribution >= 0.6 is 0 Å². The van der Waals surface area contributed by atoms with Crippen LogP contribution in [0.15, 0.2) is 6.33 Å². The third kappa shape index (κ3) is 2.03. The van der Waals surface area contributed by atoms with Crippen molar-refractivity contribution in [2.45, 2.75) is 6.92 Å². The molecule has 7 heteroatoms. The molecule has 1 N–H and O–H groups in total. The summed E-state index contributed by atoms with van der Waals surface area (Å²) in [5, 5.41) is 8.71. The Morgan fingerprint density at radius 3 is 2.88 bits per heavy atom. The normalized spacial score (nSPS) is 10.8. The SMILES string of the molecule is Cc1nc(N(C)CC(=O)O)nc2ncn(C)c12. The number of carbonyl (C=O) groups is 1. The molecule has 0 spiro atoms. The molecule has 0 atom stereocenters. The van der Waals surface area contributed by atoms with Crippen molar-refractivity contribution in [3.63, 3.8) is 0 Å². The van der Waals surface area contributed by atoms with Crippen LogP contribution in [0.25, 0.3) is 11.2 Å². The van der Waals surface area contributed by atoms with E-state index in [0.717, 1.165) is 11.2 Å². The Kier molecular flexibility index (Phi) is 2.66. The number of aryl methyl sites for hydroxylation is 2. The molecule has 17 heavy (non-hydrogen) atoms. The number of imidazole rings is 1. The van der Waals surface area contributed by atoms with E-state index in [9.17, 15) is 4.79 Å². The van der Waals surface area contributed by atoms with Gasteiger partial charge in [-0.25, -0.2) is 9.97 Å². The number of nitrogens with zero attached hydrogens (tertiary/aromatic N) is 5. The van der Waals surface area contributed by atoms with E-state index in [-0.39, 0.29) is 6.54 Å². The molecule has 2 aromatic rings. The maximum Gasteiger partial charge on any atom is 0.323 e. The molecule has 2 rings (SSSR count). The molecule has 2 aromatic heterocycles. The van der Waals surface area contributed by atoms with Gasteiger partial charge in [0.2, 0.25) is 5.95 Å². The zero-order chi connectivity index (χ0) is 12.6. The van der Waals surface area contributed by atoms with Gasteiger partial charge in [-0.1, -0.05) is 0 Å². The molecule has 90 valence electrons. The summed E-state index contributed by atoms with van der Waals surface area (Å²) < 4.78 is 1.84. The summed E-state index contributed by atoms with van der Waals surface area (Å²) in [5.41, 5.74) is 2.21. The lowest BCUT2D eigenvalue weighted by Crippen LogP contribution is -2.27. The number of carboxylic acids is 1. The predicted octanol–water partition coefficient (Wildman–Crippen LogP) is 0.193. The van der Waals surface area contributed by atoms with Crippen LogP contribution in [0, 0.1) is 6.92 Å². The summed E-state index contributed by atoms with van der Waals surface area (Å²) in [6, 6.07) is 0. The number of likely N-dealkylation sites (N-methyl/N-ethyl adjacent to an activating group) is 1. The molecule has 0 amide bonds. The van der Waals surface area contributed by atoms with Crippen molar-refractivity contribution in [2.24, 2.45) is 7.05 Å². The van der Waals surface area contributed by atoms with Gasteiger partial charge < -0.3 is 14.6 Å². The average Bonchev–Trinajstić information content (AvgIpc) is 2.59. The number of aromatic nitrogens is 4. The van der Waals surface area contributed by atoms with Crippen LogP contribution in [-0.4, -0.2) is 44.2 Å². The number of carboxylic acid groups (broad SMARTS) is 1. The van der Waals surface area contributed by atoms with Crippen LogP contribution < -0.4 is 4.90 Å². The first kappa shape index (κ1) is 11.3. The Balaban J connectivity index is 2.46. The highest BCUT2D eigenvalue weighted by Crippen LogP contribution is 2.16. The first-order valence-electron chi connectivity index (χ1n) is 5.07. The first-order valence-corrected chi connectivity index (χ1v) is 5.07. The van der Waals surface area contributed by atoms with E-state index in [1.165, 1.54) is 4.90 Å². The molecular formula is C10H13N5O2. The molecule has 0 saturated heterocycles. The van der Waals surface area contributed by atoms with Crippen molar-refractivity contribution >= 4 is 23.1 Å². The van der Waals surface area contributed by atoms with Crippen LogP contribution in [-0.2, 0) is 11.8 Å². The topological polar surface area (TPSA) is 84.1 Å². The minimum atomic E-state index is -0.921. The summed E-state index contributed by atoms with van der Waals surface area (Å²) in [6.07, 6.45) is 1.66. The summed E-state index contributed by atoms with van der Waals surface area (Å²) in [6.45, 7) is 1.71. The van der Waals surface area contributed by atoms with E-state index < -0.39 is 5.97 Å². The summed E-state index contributed by atoms with van der Waals surface area (Å²) >= 11 is 0. The van der Waals surface area contributed by atoms with E-state index in [4.69, 9.17) is 5.11 Å². The molecular weight excluding hydrogens is 222 g/mol. The van der Waals surface area contributed by atoms with Crippen molar-refractivity contribution in [3.05, 3.63) is 12.0 Å². The second-order valence-corrected chi connectivity index (χ2v) is 3.89. The fraction of sp³-hybridized carbons (Fsp3) is 0.400. The third-order valence-electron chi connectivity index (χ3n) is 2.45. The molecule has 0 radical (unpaired) electrons. The number of hydrogen-bond acceptors (Lipinski definition) is 5. The fourth-order valence-electron chi connectivity index (χ4n) is 1.68. The smallest absolute Gasteiger partial charge is 0.323 e. The van der Waals surface area contributed by atoms with Gasteiger partial charge in [-0.2, -0.15) is 4.98 Å². The largest absolute Gasteiger partial charge is 0.480 e. The van der Waals surface area contributed by atoms with Crippen LogP contribution in [0.4, 0.5) is 5.95 Å². The monoisotopic (exact) mass is 235 g/mol. The molecule has 2 heterocycles. The molecule has 0 fully saturated rings. The number of aliphatic carboxylic acids is 1. The Bertz CT molecular complexity index is 577. The summed E-state index contributed by atoms with van der Waals surface area (Å²) in [5.74, 6) is -0.550. The Morgan fingerprint density at radius 1 is 1.53 bits per heavy atom. The van der Waals surface area contributed by atoms with E-state index >= 15 is 0 Å². The van der Waals surface area contributed by atoms with Gasteiger partial charge in [0.05, 0.1) is 12.0 Å². The van der Waals surface area contributed by atoms with Crippen molar-refractivity contribution in [1.82, 2.24) is 19.5 Å². The van der Waals surface area contributed by atoms with Gasteiger partial charge >= 0.3 is 5.97 Å². The number of fused-ring (bicyclic) bond motifs is 1. The highest BCUT2D eigenvalue weighted by molar-refractivity contribution is 5.76. The maximum absolute atomic E-state index is 10.6. The van der Waals surface area contributed by atoms with Gasteiger partial charge in [0.25, 0.3) is 0 Å². The zero-order valence-electron chi connectivity index (χ0n) is 9.88. The van der Waals surface area contributed by atoms with Crippen LogP contribution in [0.5, 0.6) is 0 Å². The minimum Gasteiger partial charge on any atom is -0.480 e. The highest BCUT2D eigenvalue weighted by Gasteiger charge is 2.13. The molecule has 0 aliphatic carbocycles. The van der Waals surface area contributed by atoms with E-state index in [1.54, 1.807) is 13.4 Å². The van der Waals surface area contributed by atoms with E-state index in [2.05, 4.69) is 15.0 Å². The first-order chi connectivity index (χ1) is 7.99. The van der Waals surface area contributed by atoms with Gasteiger partial charge in [-0.15, -0.1) is 0 Å². The number of hydrogen-bond donors (Lipinski definition) is 1. The minimum absolute atomic E-state index is 0.141. The van der Waals surface area contributed by atoms with Gasteiger partial charge in [0, 0.05) is 14.1 Å². The molecule has 0 bridgehead atoms. The summed E-state index contributed by atoms with van der Waals surface area (Å²) in [4.78, 5) is 24.7. The van der Waals surface area contributed by atoms with Crippen molar-refractivity contribution in [3.8, 4) is 0 Å². The van der Waals surface area contributed by atoms with Gasteiger partial charge in [-0.05, 0) is 6.92 Å². The van der Waals surface area contributed by atoms with Gasteiger partial charge in [-0.3, -0.25) is 4.79 Å². The van der Waals surface area contributed by atoms with Crippen LogP contribution in [0.2, 0.25) is 0 Å². The second-order valence-electron chi connectivity index (χ2n) is 3.89. The quantitative estimate of drug-likeness (QED) is 0.817. The standard InChI is InChI=1S/C10H13N5O2/c1-6-8-9(11-5-15(8)3)13-10(12-6)14(2)4-7(16)17/h5H,4H2,1-3H3,(H,16,17). The third-order valence-corrected chi connectivity index (χ3v) is 2.45. The molecule has 0 aromatic carbocycles. The maximum atomic E-state index is 10.6. The fourth-order valence-corrected chi connectivity index (χ4v) is 1.68. The van der Waals surface area contributed by atoms with Crippen LogP contribution in [0.3, 0.4) is 0 Å². The van der Waals surface area contributed by atoms with Gasteiger partial charge in [0.1, 0.15) is 12.1 Å². The Hall–Kier alpha value is -2.18. The predicted molar refractivity (Wildman–Crippen MR) is 61.9 cm³/mol. The molecule has 0 aliphatic heterocycles. The lowest BCUT2D eigenvalue weighted by atomic mass is 10.4. The molecule has 0 saturated carbocycles. The average molecular weight is 235 g/mol. The van der Waals surface area contributed by atoms with Crippen molar-refractivity contribution in [2.75, 3.05) is 18.5 Å². The highest BCUT2D eigenvalue weighted by atomic mass is 16.4. The molecule has 0 aliphatic rings. The second kappa shape index (κ2) is 4.00. The molecule has 7 nitrogen and oxygen atoms in total. The Morgan fingerprint density at radius 2 is 2.24 bits per heavy atom. The van der Waals surface area contributed by atoms with Crippen LogP contribution in [0.1, 0.15) is 5.69 Å². The van der Waals surface area contributed by atoms with Crippen molar-refractivity contribution < 1.29 is 9.90 Å². The van der Waals surface area contributed by atoms with Gasteiger partial charge in [0.15, 0.2) is 5.65 Å². The lowest BCUT2D eigenvalue weighted by molar-refractivity contribution is -0.135. The molecule has 0 unspecified atom stereocenters. The summed E-state index contributed by atoms with van der Waals surface area (Å²) in [7, 11) is 3.50. The number of anilines is 1. The Labute approximate surface area is 97.7 Å². The lowest BCUT2D eigenvalue weighted by Gasteiger charge is -2.14. The van der Waals surface area contributed by atoms with E-state index in [1.807, 2.05) is 18.5 Å².